The molecule has 1 aliphatic heterocycles. The lowest BCUT2D eigenvalue weighted by atomic mass is 10.1. The number of allylic oxidation sites excluding steroid dienone is 1. The van der Waals surface area contributed by atoms with Crippen molar-refractivity contribution in [1.82, 2.24) is 0 Å². The number of rotatable bonds is 6. The Hall–Kier alpha value is -0.720. The molecule has 0 aromatic carbocycles. The zero-order valence-corrected chi connectivity index (χ0v) is 8.54. The third-order valence-corrected chi connectivity index (χ3v) is 2.29. The molecule has 1 heterocycles. The van der Waals surface area contributed by atoms with Gasteiger partial charge < -0.3 is 4.74 Å². The molecule has 0 aromatic heterocycles. The minimum absolute atomic E-state index is 0.325. The monoisotopic (exact) mass is 180 g/mol. The van der Waals surface area contributed by atoms with Crippen LogP contribution in [0.5, 0.6) is 0 Å². The van der Waals surface area contributed by atoms with Crippen LogP contribution in [0.4, 0.5) is 0 Å². The zero-order chi connectivity index (χ0) is 9.36. The molecule has 0 unspecified atom stereocenters. The highest BCUT2D eigenvalue weighted by Crippen LogP contribution is 2.11. The first-order valence-electron chi connectivity index (χ1n) is 5.40. The molecule has 1 aliphatic rings. The van der Waals surface area contributed by atoms with Crippen molar-refractivity contribution in [2.45, 2.75) is 51.6 Å². The van der Waals surface area contributed by atoms with Gasteiger partial charge in [0, 0.05) is 6.42 Å². The summed E-state index contributed by atoms with van der Waals surface area (Å²) >= 11 is 0. The van der Waals surface area contributed by atoms with Crippen LogP contribution in [0.2, 0.25) is 0 Å². The van der Waals surface area contributed by atoms with Crippen molar-refractivity contribution in [3.8, 4) is 0 Å². The van der Waals surface area contributed by atoms with Gasteiger partial charge in [0.2, 0.25) is 0 Å². The van der Waals surface area contributed by atoms with Gasteiger partial charge >= 0.3 is 0 Å². The van der Waals surface area contributed by atoms with E-state index in [1.54, 1.807) is 6.26 Å². The van der Waals surface area contributed by atoms with Gasteiger partial charge in [-0.3, -0.25) is 0 Å². The summed E-state index contributed by atoms with van der Waals surface area (Å²) in [5.74, 6) is 0. The van der Waals surface area contributed by atoms with Crippen LogP contribution in [-0.2, 0) is 4.74 Å². The second-order valence-electron chi connectivity index (χ2n) is 3.56. The van der Waals surface area contributed by atoms with Crippen LogP contribution >= 0.6 is 0 Å². The predicted octanol–water partition coefficient (Wildman–Crippen LogP) is 3.82. The van der Waals surface area contributed by atoms with Gasteiger partial charge in [-0.1, -0.05) is 32.3 Å². The van der Waals surface area contributed by atoms with Gasteiger partial charge in [-0.15, -0.1) is 0 Å². The molecule has 0 bridgehead atoms. The summed E-state index contributed by atoms with van der Waals surface area (Å²) in [6.45, 7) is 2.24. The first kappa shape index (κ1) is 10.4. The molecule has 0 amide bonds. The van der Waals surface area contributed by atoms with Crippen LogP contribution in [0.25, 0.3) is 0 Å². The molecule has 0 saturated carbocycles. The topological polar surface area (TPSA) is 9.23 Å². The Bertz CT molecular complexity index is 162. The maximum Gasteiger partial charge on any atom is 0.119 e. The Kier molecular flexibility index (Phi) is 5.39. The van der Waals surface area contributed by atoms with E-state index in [4.69, 9.17) is 4.74 Å². The van der Waals surface area contributed by atoms with Gasteiger partial charge in [0.05, 0.1) is 6.26 Å². The van der Waals surface area contributed by atoms with Crippen LogP contribution in [0, 0.1) is 0 Å². The van der Waals surface area contributed by atoms with Gasteiger partial charge in [0.15, 0.2) is 0 Å². The summed E-state index contributed by atoms with van der Waals surface area (Å²) < 4.78 is 5.31. The maximum atomic E-state index is 5.31. The summed E-state index contributed by atoms with van der Waals surface area (Å²) in [6, 6.07) is 0. The Balaban J connectivity index is 1.92. The molecule has 1 nitrogen and oxygen atoms in total. The van der Waals surface area contributed by atoms with Gasteiger partial charge in [-0.25, -0.2) is 0 Å². The third-order valence-electron chi connectivity index (χ3n) is 2.29. The molecule has 0 saturated heterocycles. The molecule has 13 heavy (non-hydrogen) atoms. The average Bonchev–Trinajstić information content (AvgIpc) is 2.63. The first-order chi connectivity index (χ1) is 6.43. The number of unbranched alkanes of at least 4 members (excludes halogenated alkanes) is 4. The van der Waals surface area contributed by atoms with E-state index in [2.05, 4.69) is 25.2 Å². The molecule has 0 spiro atoms. The first-order valence-corrected chi connectivity index (χ1v) is 5.40. The predicted molar refractivity (Wildman–Crippen MR) is 56.5 cm³/mol. The van der Waals surface area contributed by atoms with Crippen molar-refractivity contribution < 1.29 is 4.74 Å². The minimum Gasteiger partial charge on any atom is -0.494 e. The fourth-order valence-corrected chi connectivity index (χ4v) is 1.46. The van der Waals surface area contributed by atoms with Crippen molar-refractivity contribution >= 4 is 0 Å². The fraction of sp³-hybridized carbons (Fsp3) is 0.667. The standard InChI is InChI=1S/C12H20O/c1-2-3-4-5-6-7-9-12-10-8-11-13-12/h7-9,11-12H,2-6,10H2,1H3/b9-7-/t12-/m0/s1. The summed E-state index contributed by atoms with van der Waals surface area (Å²) in [5, 5.41) is 0. The Morgan fingerprint density at radius 3 is 3.00 bits per heavy atom. The quantitative estimate of drug-likeness (QED) is 0.446. The fourth-order valence-electron chi connectivity index (χ4n) is 1.46. The smallest absolute Gasteiger partial charge is 0.119 e. The van der Waals surface area contributed by atoms with E-state index in [0.29, 0.717) is 6.10 Å². The number of hydrogen-bond donors (Lipinski definition) is 0. The van der Waals surface area contributed by atoms with Crippen LogP contribution in [0.3, 0.4) is 0 Å². The van der Waals surface area contributed by atoms with E-state index in [-0.39, 0.29) is 0 Å². The molecule has 74 valence electrons. The lowest BCUT2D eigenvalue weighted by Gasteiger charge is -2.02. The summed E-state index contributed by atoms with van der Waals surface area (Å²) in [5.41, 5.74) is 0. The Morgan fingerprint density at radius 2 is 2.31 bits per heavy atom. The lowest BCUT2D eigenvalue weighted by Crippen LogP contribution is -1.98. The van der Waals surface area contributed by atoms with Gasteiger partial charge in [-0.05, 0) is 25.0 Å². The minimum atomic E-state index is 0.325. The molecule has 0 fully saturated rings. The van der Waals surface area contributed by atoms with Crippen LogP contribution in [-0.4, -0.2) is 6.10 Å². The van der Waals surface area contributed by atoms with E-state index in [1.807, 2.05) is 0 Å². The highest BCUT2D eigenvalue weighted by molar-refractivity contribution is 4.98. The zero-order valence-electron chi connectivity index (χ0n) is 8.54. The van der Waals surface area contributed by atoms with Crippen LogP contribution < -0.4 is 0 Å². The number of hydrogen-bond acceptors (Lipinski definition) is 1. The molecule has 0 radical (unpaired) electrons. The van der Waals surface area contributed by atoms with Crippen molar-refractivity contribution in [1.29, 1.82) is 0 Å². The molecular formula is C12H20O. The molecule has 1 heteroatoms. The molecular weight excluding hydrogens is 160 g/mol. The van der Waals surface area contributed by atoms with E-state index in [0.717, 1.165) is 6.42 Å². The van der Waals surface area contributed by atoms with E-state index in [1.165, 1.54) is 32.1 Å². The molecule has 0 aliphatic carbocycles. The van der Waals surface area contributed by atoms with Crippen molar-refractivity contribution in [2.75, 3.05) is 0 Å². The van der Waals surface area contributed by atoms with Gasteiger partial charge in [-0.2, -0.15) is 0 Å². The summed E-state index contributed by atoms with van der Waals surface area (Å²) in [4.78, 5) is 0. The highest BCUT2D eigenvalue weighted by atomic mass is 16.5. The van der Waals surface area contributed by atoms with Crippen molar-refractivity contribution in [2.24, 2.45) is 0 Å². The molecule has 1 atom stereocenters. The number of ether oxygens (including phenoxy) is 1. The van der Waals surface area contributed by atoms with Crippen molar-refractivity contribution in [3.63, 3.8) is 0 Å². The summed E-state index contributed by atoms with van der Waals surface area (Å²) in [6.07, 6.45) is 16.3. The summed E-state index contributed by atoms with van der Waals surface area (Å²) in [7, 11) is 0. The molecule has 0 aromatic rings. The maximum absolute atomic E-state index is 5.31. The molecule has 1 rings (SSSR count). The second-order valence-corrected chi connectivity index (χ2v) is 3.56. The SMILES string of the molecule is CCCCCC/C=C\[C@H]1CC=CO1. The lowest BCUT2D eigenvalue weighted by molar-refractivity contribution is 0.214. The Labute approximate surface area is 81.5 Å². The molecule has 0 N–H and O–H groups in total. The normalized spacial score (nSPS) is 21.2. The van der Waals surface area contributed by atoms with E-state index in [9.17, 15) is 0 Å². The largest absolute Gasteiger partial charge is 0.494 e. The van der Waals surface area contributed by atoms with Crippen molar-refractivity contribution in [3.05, 3.63) is 24.5 Å². The van der Waals surface area contributed by atoms with E-state index >= 15 is 0 Å². The van der Waals surface area contributed by atoms with Gasteiger partial charge in [0.25, 0.3) is 0 Å². The second kappa shape index (κ2) is 6.76. The third kappa shape index (κ3) is 4.76. The van der Waals surface area contributed by atoms with E-state index < -0.39 is 0 Å². The average molecular weight is 180 g/mol. The highest BCUT2D eigenvalue weighted by Gasteiger charge is 2.04. The Morgan fingerprint density at radius 1 is 1.38 bits per heavy atom. The van der Waals surface area contributed by atoms with Crippen LogP contribution in [0.15, 0.2) is 24.5 Å². The van der Waals surface area contributed by atoms with Crippen LogP contribution in [0.1, 0.15) is 45.4 Å². The van der Waals surface area contributed by atoms with Gasteiger partial charge in [0.1, 0.15) is 6.10 Å².